The van der Waals surface area contributed by atoms with Crippen LogP contribution >= 0.6 is 0 Å². The molecule has 1 aromatic heterocycles. The van der Waals surface area contributed by atoms with Gasteiger partial charge in [0.2, 0.25) is 11.8 Å². The van der Waals surface area contributed by atoms with Crippen LogP contribution in [-0.4, -0.2) is 82.8 Å². The number of rotatable bonds is 12. The minimum absolute atomic E-state index is 0.00558. The summed E-state index contributed by atoms with van der Waals surface area (Å²) in [6, 6.07) is 14.8. The number of esters is 1. The second kappa shape index (κ2) is 15.0. The molecular formula is C33H43N7O6. The summed E-state index contributed by atoms with van der Waals surface area (Å²) in [7, 11) is 3.18. The van der Waals surface area contributed by atoms with Crippen molar-refractivity contribution in [2.24, 2.45) is 0 Å². The monoisotopic (exact) mass is 633 g/mol. The predicted molar refractivity (Wildman–Crippen MR) is 172 cm³/mol. The van der Waals surface area contributed by atoms with E-state index in [0.717, 1.165) is 11.1 Å². The smallest absolute Gasteiger partial charge is 0.328 e. The van der Waals surface area contributed by atoms with Crippen LogP contribution in [0.25, 0.3) is 22.5 Å². The zero-order valence-electron chi connectivity index (χ0n) is 27.3. The molecule has 0 atom stereocenters. The van der Waals surface area contributed by atoms with Crippen molar-refractivity contribution >= 4 is 29.5 Å². The summed E-state index contributed by atoms with van der Waals surface area (Å²) in [6.07, 6.45) is 0.230. The van der Waals surface area contributed by atoms with E-state index in [0.29, 0.717) is 35.6 Å². The average Bonchev–Trinajstić information content (AvgIpc) is 3.42. The molecule has 0 radical (unpaired) electrons. The molecule has 0 bridgehead atoms. The van der Waals surface area contributed by atoms with E-state index in [2.05, 4.69) is 20.9 Å². The summed E-state index contributed by atoms with van der Waals surface area (Å²) in [5.74, 6) is -0.916. The van der Waals surface area contributed by atoms with Gasteiger partial charge in [-0.2, -0.15) is 0 Å². The molecular weight excluding hydrogens is 590 g/mol. The van der Waals surface area contributed by atoms with Crippen molar-refractivity contribution in [1.29, 1.82) is 0 Å². The van der Waals surface area contributed by atoms with Crippen molar-refractivity contribution in [3.05, 3.63) is 54.1 Å². The number of fused-ring (bicyclic) bond motifs is 5. The Hall–Kier alpha value is -4.78. The topological polar surface area (TPSA) is 148 Å². The van der Waals surface area contributed by atoms with Gasteiger partial charge in [-0.15, -0.1) is 5.10 Å². The summed E-state index contributed by atoms with van der Waals surface area (Å²) in [5, 5.41) is 14.2. The lowest BCUT2D eigenvalue weighted by atomic mass is 9.95. The fourth-order valence-electron chi connectivity index (χ4n) is 5.11. The summed E-state index contributed by atoms with van der Waals surface area (Å²) in [4.78, 5) is 54.0. The normalized spacial score (nSPS) is 12.3. The van der Waals surface area contributed by atoms with Gasteiger partial charge < -0.3 is 29.9 Å². The van der Waals surface area contributed by atoms with Crippen molar-refractivity contribution in [2.45, 2.75) is 71.8 Å². The lowest BCUT2D eigenvalue weighted by Gasteiger charge is -2.29. The number of nitrogens with one attached hydrogen (secondary N) is 2. The summed E-state index contributed by atoms with van der Waals surface area (Å²) in [6.45, 7) is 7.92. The highest BCUT2D eigenvalue weighted by molar-refractivity contribution is 6.01. The summed E-state index contributed by atoms with van der Waals surface area (Å²) < 4.78 is 12.7. The number of para-hydroxylation sites is 1. The van der Waals surface area contributed by atoms with E-state index in [1.165, 1.54) is 9.58 Å². The lowest BCUT2D eigenvalue weighted by molar-refractivity contribution is -0.148. The number of hydrogen-bond donors (Lipinski definition) is 2. The van der Waals surface area contributed by atoms with Crippen LogP contribution < -0.4 is 15.5 Å². The number of carbonyl (C=O) groups is 4. The number of carbonyl (C=O) groups excluding carboxylic acids is 4. The number of ether oxygens (including phenoxy) is 2. The minimum Gasteiger partial charge on any atom is -0.462 e. The Morgan fingerprint density at radius 3 is 2.43 bits per heavy atom. The van der Waals surface area contributed by atoms with Gasteiger partial charge in [0.1, 0.15) is 19.0 Å². The molecule has 13 heteroatoms. The third kappa shape index (κ3) is 8.47. The third-order valence-electron chi connectivity index (χ3n) is 7.56. The highest BCUT2D eigenvalue weighted by Crippen LogP contribution is 2.41. The van der Waals surface area contributed by atoms with E-state index < -0.39 is 11.6 Å². The van der Waals surface area contributed by atoms with Gasteiger partial charge in [0.15, 0.2) is 0 Å². The Labute approximate surface area is 269 Å². The maximum absolute atomic E-state index is 13.8. The first kappa shape index (κ1) is 34.1. The van der Waals surface area contributed by atoms with Crippen LogP contribution in [0.4, 0.5) is 10.5 Å². The van der Waals surface area contributed by atoms with Gasteiger partial charge >= 0.3 is 12.0 Å². The first-order valence-electron chi connectivity index (χ1n) is 15.3. The molecule has 4 amide bonds. The first-order chi connectivity index (χ1) is 21.9. The highest BCUT2D eigenvalue weighted by atomic mass is 16.5. The summed E-state index contributed by atoms with van der Waals surface area (Å²) >= 11 is 0. The molecule has 2 aromatic carbocycles. The van der Waals surface area contributed by atoms with Crippen LogP contribution in [0, 0.1) is 0 Å². The standard InChI is InChI=1S/C33H43N7O6/c1-22(2)46-29(43)20-40-31-25-13-9-10-14-26(25)39(19-23-11-7-8-12-24(23)30(31)36-37-40)28(42)16-15-27(41)35-18-17-33(3,4)45-21-38(6)32(44)34-5/h7-14,22H,15-21H2,1-6H3,(H,34,44)(H,35,41). The second-order valence-corrected chi connectivity index (χ2v) is 12.0. The second-order valence-electron chi connectivity index (χ2n) is 12.0. The van der Waals surface area contributed by atoms with Crippen LogP contribution in [0.2, 0.25) is 0 Å². The number of benzene rings is 2. The molecule has 246 valence electrons. The number of nitrogens with zero attached hydrogens (tertiary/aromatic N) is 5. The molecule has 1 aliphatic heterocycles. The van der Waals surface area contributed by atoms with Gasteiger partial charge in [-0.3, -0.25) is 14.4 Å². The summed E-state index contributed by atoms with van der Waals surface area (Å²) in [5.41, 5.74) is 3.61. The number of hydrogen-bond acceptors (Lipinski definition) is 8. The Morgan fingerprint density at radius 2 is 1.72 bits per heavy atom. The Morgan fingerprint density at radius 1 is 1.02 bits per heavy atom. The maximum Gasteiger partial charge on any atom is 0.328 e. The fourth-order valence-corrected chi connectivity index (χ4v) is 5.11. The number of anilines is 1. The van der Waals surface area contributed by atoms with Gasteiger partial charge in [0, 0.05) is 44.6 Å². The molecule has 0 unspecified atom stereocenters. The lowest BCUT2D eigenvalue weighted by Crippen LogP contribution is -2.40. The highest BCUT2D eigenvalue weighted by Gasteiger charge is 2.30. The molecule has 2 N–H and O–H groups in total. The molecule has 13 nitrogen and oxygen atoms in total. The Bertz CT molecular complexity index is 1570. The van der Waals surface area contributed by atoms with Crippen molar-refractivity contribution < 1.29 is 28.7 Å². The maximum atomic E-state index is 13.8. The minimum atomic E-state index is -0.585. The van der Waals surface area contributed by atoms with Crippen LogP contribution in [0.15, 0.2) is 48.5 Å². The molecule has 0 saturated carbocycles. The quantitative estimate of drug-likeness (QED) is 0.227. The Balaban J connectivity index is 1.48. The van der Waals surface area contributed by atoms with Gasteiger partial charge in [-0.05, 0) is 45.7 Å². The Kier molecular flexibility index (Phi) is 11.1. The van der Waals surface area contributed by atoms with Gasteiger partial charge in [-0.1, -0.05) is 47.7 Å². The van der Waals surface area contributed by atoms with Crippen LogP contribution in [0.1, 0.15) is 52.5 Å². The van der Waals surface area contributed by atoms with Crippen LogP contribution in [0.5, 0.6) is 0 Å². The van der Waals surface area contributed by atoms with Crippen molar-refractivity contribution in [3.8, 4) is 22.5 Å². The van der Waals surface area contributed by atoms with Crippen molar-refractivity contribution in [1.82, 2.24) is 30.5 Å². The van der Waals surface area contributed by atoms with Crippen LogP contribution in [0.3, 0.4) is 0 Å². The molecule has 0 spiro atoms. The van der Waals surface area contributed by atoms with E-state index in [1.807, 2.05) is 62.4 Å². The third-order valence-corrected chi connectivity index (χ3v) is 7.56. The largest absolute Gasteiger partial charge is 0.462 e. The predicted octanol–water partition coefficient (Wildman–Crippen LogP) is 3.72. The molecule has 2 heterocycles. The zero-order valence-corrected chi connectivity index (χ0v) is 27.3. The van der Waals surface area contributed by atoms with Crippen molar-refractivity contribution in [2.75, 3.05) is 32.3 Å². The van der Waals surface area contributed by atoms with Gasteiger partial charge in [0.25, 0.3) is 0 Å². The average molecular weight is 634 g/mol. The van der Waals surface area contributed by atoms with E-state index in [1.54, 1.807) is 32.8 Å². The van der Waals surface area contributed by atoms with Gasteiger partial charge in [0.05, 0.1) is 29.6 Å². The molecule has 4 rings (SSSR count). The molecule has 0 fully saturated rings. The number of amides is 4. The first-order valence-corrected chi connectivity index (χ1v) is 15.3. The van der Waals surface area contributed by atoms with Crippen LogP contribution in [-0.2, 0) is 36.9 Å². The van der Waals surface area contributed by atoms with Gasteiger partial charge in [-0.25, -0.2) is 9.48 Å². The molecule has 0 aliphatic carbocycles. The van der Waals surface area contributed by atoms with Crippen molar-refractivity contribution in [3.63, 3.8) is 0 Å². The SMILES string of the molecule is CNC(=O)N(C)COC(C)(C)CCNC(=O)CCC(=O)N1Cc2ccccc2-c2nnn(CC(=O)OC(C)C)c2-c2ccccc21. The number of aromatic nitrogens is 3. The zero-order chi connectivity index (χ0) is 33.4. The van der Waals surface area contributed by atoms with E-state index >= 15 is 0 Å². The van der Waals surface area contributed by atoms with E-state index in [4.69, 9.17) is 9.47 Å². The fraction of sp³-hybridized carbons (Fsp3) is 0.455. The number of urea groups is 1. The van der Waals surface area contributed by atoms with E-state index in [-0.39, 0.29) is 56.6 Å². The molecule has 0 saturated heterocycles. The molecule has 46 heavy (non-hydrogen) atoms. The molecule has 1 aliphatic rings. The molecule has 3 aromatic rings. The van der Waals surface area contributed by atoms with E-state index in [9.17, 15) is 19.2 Å².